The molecule has 0 aliphatic rings. The molecule has 21 heavy (non-hydrogen) atoms. The maximum atomic E-state index is 12.3. The number of benzene rings is 1. The Labute approximate surface area is 125 Å². The van der Waals surface area contributed by atoms with Gasteiger partial charge in [0.1, 0.15) is 0 Å². The maximum Gasteiger partial charge on any atom is 0.241 e. The van der Waals surface area contributed by atoms with Gasteiger partial charge in [-0.05, 0) is 32.0 Å². The molecule has 116 valence electrons. The first-order valence-corrected chi connectivity index (χ1v) is 7.09. The Balaban J connectivity index is 2.73. The minimum atomic E-state index is -0.415. The van der Waals surface area contributed by atoms with Crippen molar-refractivity contribution in [2.45, 2.75) is 26.3 Å². The fraction of sp³-hybridized carbons (Fsp3) is 0.467. The second kappa shape index (κ2) is 8.26. The molecule has 0 heterocycles. The highest BCUT2D eigenvalue weighted by Crippen LogP contribution is 2.17. The minimum Gasteiger partial charge on any atom is -0.397 e. The molecule has 1 unspecified atom stereocenters. The molecule has 4 N–H and O–H groups in total. The molecular formula is C15H24N4O2. The third kappa shape index (κ3) is 5.07. The summed E-state index contributed by atoms with van der Waals surface area (Å²) in [6.07, 6.45) is 0.863. The van der Waals surface area contributed by atoms with Crippen molar-refractivity contribution in [2.75, 3.05) is 31.2 Å². The number of amides is 2. The summed E-state index contributed by atoms with van der Waals surface area (Å²) in [6, 6.07) is 6.69. The van der Waals surface area contributed by atoms with Gasteiger partial charge in [0.15, 0.2) is 0 Å². The number of carbonyl (C=O) groups excluding carboxylic acids is 2. The molecule has 6 heteroatoms. The van der Waals surface area contributed by atoms with Crippen LogP contribution in [0.5, 0.6) is 0 Å². The summed E-state index contributed by atoms with van der Waals surface area (Å²) in [5.41, 5.74) is 6.92. The van der Waals surface area contributed by atoms with Crippen LogP contribution in [0.3, 0.4) is 0 Å². The largest absolute Gasteiger partial charge is 0.397 e. The van der Waals surface area contributed by atoms with Gasteiger partial charge in [0.25, 0.3) is 0 Å². The van der Waals surface area contributed by atoms with Gasteiger partial charge in [-0.1, -0.05) is 19.1 Å². The molecule has 0 bridgehead atoms. The molecule has 1 aromatic rings. The summed E-state index contributed by atoms with van der Waals surface area (Å²) in [7, 11) is 1.59. The Kier molecular flexibility index (Phi) is 6.68. The Morgan fingerprint density at radius 1 is 1.33 bits per heavy atom. The molecule has 1 atom stereocenters. The van der Waals surface area contributed by atoms with Gasteiger partial charge < -0.3 is 16.4 Å². The smallest absolute Gasteiger partial charge is 0.241 e. The fourth-order valence-corrected chi connectivity index (χ4v) is 1.97. The molecule has 0 aromatic heterocycles. The number of carbonyl (C=O) groups is 2. The van der Waals surface area contributed by atoms with Crippen LogP contribution in [-0.4, -0.2) is 42.9 Å². The summed E-state index contributed by atoms with van der Waals surface area (Å²) >= 11 is 0. The number of nitrogen functional groups attached to an aromatic ring is 1. The zero-order chi connectivity index (χ0) is 15.8. The number of hydrogen-bond donors (Lipinski definition) is 3. The Bertz CT molecular complexity index is 490. The van der Waals surface area contributed by atoms with Crippen LogP contribution in [0.2, 0.25) is 0 Å². The van der Waals surface area contributed by atoms with Crippen LogP contribution >= 0.6 is 0 Å². The quantitative estimate of drug-likeness (QED) is 0.656. The number of nitrogens with two attached hydrogens (primary N) is 1. The Morgan fingerprint density at radius 3 is 2.57 bits per heavy atom. The van der Waals surface area contributed by atoms with Crippen LogP contribution in [-0.2, 0) is 9.59 Å². The van der Waals surface area contributed by atoms with Gasteiger partial charge >= 0.3 is 0 Å². The van der Waals surface area contributed by atoms with Crippen molar-refractivity contribution < 1.29 is 9.59 Å². The summed E-state index contributed by atoms with van der Waals surface area (Å²) in [5, 5.41) is 5.38. The Morgan fingerprint density at radius 2 is 2.00 bits per heavy atom. The van der Waals surface area contributed by atoms with Crippen LogP contribution in [0.1, 0.15) is 20.3 Å². The van der Waals surface area contributed by atoms with Crippen LogP contribution in [0.25, 0.3) is 0 Å². The lowest BCUT2D eigenvalue weighted by molar-refractivity contribution is -0.125. The summed E-state index contributed by atoms with van der Waals surface area (Å²) in [6.45, 7) is 4.67. The van der Waals surface area contributed by atoms with Gasteiger partial charge in [0.2, 0.25) is 11.8 Å². The second-order valence-electron chi connectivity index (χ2n) is 4.90. The van der Waals surface area contributed by atoms with E-state index in [2.05, 4.69) is 10.6 Å². The van der Waals surface area contributed by atoms with Gasteiger partial charge in [-0.3, -0.25) is 14.5 Å². The van der Waals surface area contributed by atoms with E-state index in [1.807, 2.05) is 24.0 Å². The van der Waals surface area contributed by atoms with E-state index in [0.717, 1.165) is 6.42 Å². The molecule has 0 saturated heterocycles. The predicted octanol–water partition coefficient (Wildman–Crippen LogP) is 1.05. The molecule has 1 rings (SSSR count). The zero-order valence-electron chi connectivity index (χ0n) is 12.8. The van der Waals surface area contributed by atoms with E-state index in [1.165, 1.54) is 0 Å². The first-order valence-electron chi connectivity index (χ1n) is 7.09. The van der Waals surface area contributed by atoms with Crippen molar-refractivity contribution in [1.82, 2.24) is 10.2 Å². The highest BCUT2D eigenvalue weighted by atomic mass is 16.2. The highest BCUT2D eigenvalue weighted by molar-refractivity contribution is 5.97. The minimum absolute atomic E-state index is 0.109. The lowest BCUT2D eigenvalue weighted by atomic mass is 10.2. The van der Waals surface area contributed by atoms with Gasteiger partial charge in [-0.2, -0.15) is 0 Å². The average molecular weight is 292 g/mol. The lowest BCUT2D eigenvalue weighted by Crippen LogP contribution is -2.46. The highest BCUT2D eigenvalue weighted by Gasteiger charge is 2.22. The van der Waals surface area contributed by atoms with Gasteiger partial charge in [-0.15, -0.1) is 0 Å². The third-order valence-corrected chi connectivity index (χ3v) is 3.28. The summed E-state index contributed by atoms with van der Waals surface area (Å²) < 4.78 is 0. The number of nitrogens with one attached hydrogen (secondary N) is 2. The van der Waals surface area contributed by atoms with Crippen molar-refractivity contribution in [3.63, 3.8) is 0 Å². The van der Waals surface area contributed by atoms with E-state index < -0.39 is 6.04 Å². The Hall–Kier alpha value is -2.08. The topological polar surface area (TPSA) is 87.5 Å². The molecular weight excluding hydrogens is 268 g/mol. The number of anilines is 2. The number of rotatable bonds is 7. The standard InChI is InChI=1S/C15H24N4O2/c1-4-9-19(10-14(20)17-3)11(2)15(21)18-13-8-6-5-7-12(13)16/h5-8,11H,4,9-10,16H2,1-3H3,(H,17,20)(H,18,21). The van der Waals surface area contributed by atoms with Crippen molar-refractivity contribution >= 4 is 23.2 Å². The number of para-hydroxylation sites is 2. The van der Waals surface area contributed by atoms with Crippen molar-refractivity contribution in [3.05, 3.63) is 24.3 Å². The lowest BCUT2D eigenvalue weighted by Gasteiger charge is -2.27. The first kappa shape index (κ1) is 17.0. The SMILES string of the molecule is CCCN(CC(=O)NC)C(C)C(=O)Nc1ccccc1N. The van der Waals surface area contributed by atoms with E-state index in [1.54, 1.807) is 26.1 Å². The van der Waals surface area contributed by atoms with Gasteiger partial charge in [0, 0.05) is 7.05 Å². The third-order valence-electron chi connectivity index (χ3n) is 3.28. The normalized spacial score (nSPS) is 12.0. The van der Waals surface area contributed by atoms with E-state index in [9.17, 15) is 9.59 Å². The monoisotopic (exact) mass is 292 g/mol. The van der Waals surface area contributed by atoms with E-state index >= 15 is 0 Å². The number of nitrogens with zero attached hydrogens (tertiary/aromatic N) is 1. The first-order chi connectivity index (χ1) is 9.99. The molecule has 6 nitrogen and oxygen atoms in total. The van der Waals surface area contributed by atoms with Crippen LogP contribution in [0.15, 0.2) is 24.3 Å². The van der Waals surface area contributed by atoms with Gasteiger partial charge in [-0.25, -0.2) is 0 Å². The van der Waals surface area contributed by atoms with E-state index in [0.29, 0.717) is 17.9 Å². The fourth-order valence-electron chi connectivity index (χ4n) is 1.97. The number of hydrogen-bond acceptors (Lipinski definition) is 4. The van der Waals surface area contributed by atoms with Crippen molar-refractivity contribution in [3.8, 4) is 0 Å². The molecule has 0 aliphatic heterocycles. The molecule has 0 spiro atoms. The van der Waals surface area contributed by atoms with Crippen LogP contribution < -0.4 is 16.4 Å². The van der Waals surface area contributed by atoms with Crippen LogP contribution in [0.4, 0.5) is 11.4 Å². The predicted molar refractivity (Wildman–Crippen MR) is 84.9 cm³/mol. The van der Waals surface area contributed by atoms with E-state index in [-0.39, 0.29) is 18.4 Å². The summed E-state index contributed by atoms with van der Waals surface area (Å²) in [4.78, 5) is 25.7. The zero-order valence-corrected chi connectivity index (χ0v) is 12.8. The summed E-state index contributed by atoms with van der Waals surface area (Å²) in [5.74, 6) is -0.285. The molecule has 2 amide bonds. The molecule has 0 radical (unpaired) electrons. The van der Waals surface area contributed by atoms with E-state index in [4.69, 9.17) is 5.73 Å². The molecule has 0 fully saturated rings. The number of likely N-dealkylation sites (N-methyl/N-ethyl adjacent to an activating group) is 1. The van der Waals surface area contributed by atoms with Crippen molar-refractivity contribution in [1.29, 1.82) is 0 Å². The molecule has 0 saturated carbocycles. The maximum absolute atomic E-state index is 12.3. The van der Waals surface area contributed by atoms with Gasteiger partial charge in [0.05, 0.1) is 24.0 Å². The second-order valence-corrected chi connectivity index (χ2v) is 4.90. The molecule has 0 aliphatic carbocycles. The van der Waals surface area contributed by atoms with Crippen LogP contribution in [0, 0.1) is 0 Å². The van der Waals surface area contributed by atoms with Crippen molar-refractivity contribution in [2.24, 2.45) is 0 Å². The average Bonchev–Trinajstić information content (AvgIpc) is 2.48. The molecule has 1 aromatic carbocycles.